The average molecular weight is 330 g/mol. The van der Waals surface area contributed by atoms with Crippen LogP contribution in [0.25, 0.3) is 10.9 Å². The Morgan fingerprint density at radius 2 is 1.90 bits per heavy atom. The first-order valence-corrected chi connectivity index (χ1v) is 6.96. The maximum atomic E-state index is 5.87. The van der Waals surface area contributed by atoms with Crippen molar-refractivity contribution in [3.8, 4) is 11.6 Å². The molecule has 3 aromatic rings. The number of rotatable bonds is 2. The van der Waals surface area contributed by atoms with Crippen molar-refractivity contribution in [1.82, 2.24) is 15.0 Å². The van der Waals surface area contributed by atoms with E-state index in [0.717, 1.165) is 22.2 Å². The van der Waals surface area contributed by atoms with Gasteiger partial charge < -0.3 is 4.74 Å². The topological polar surface area (TPSA) is 47.9 Å². The van der Waals surface area contributed by atoms with Gasteiger partial charge in [-0.3, -0.25) is 0 Å². The van der Waals surface area contributed by atoms with E-state index in [9.17, 15) is 0 Å². The van der Waals surface area contributed by atoms with E-state index < -0.39 is 0 Å². The standard InChI is InChI=1S/C15H12BrN3O/c1-9-4-3-5-11-13(9)17-8-18-15(11)20-12-7-6-10(2)19-14(12)16/h3-8H,1-2H3. The number of ether oxygens (including phenoxy) is 1. The lowest BCUT2D eigenvalue weighted by Gasteiger charge is -2.09. The van der Waals surface area contributed by atoms with Gasteiger partial charge in [-0.1, -0.05) is 12.1 Å². The van der Waals surface area contributed by atoms with E-state index in [4.69, 9.17) is 4.74 Å². The van der Waals surface area contributed by atoms with Crippen molar-refractivity contribution >= 4 is 26.8 Å². The molecule has 4 nitrogen and oxygen atoms in total. The monoisotopic (exact) mass is 329 g/mol. The van der Waals surface area contributed by atoms with Crippen molar-refractivity contribution in [2.75, 3.05) is 0 Å². The van der Waals surface area contributed by atoms with Crippen LogP contribution < -0.4 is 4.74 Å². The molecule has 0 saturated carbocycles. The fourth-order valence-electron chi connectivity index (χ4n) is 1.99. The molecular weight excluding hydrogens is 318 g/mol. The van der Waals surface area contributed by atoms with Gasteiger partial charge in [-0.2, -0.15) is 0 Å². The molecule has 2 heterocycles. The third-order valence-corrected chi connectivity index (χ3v) is 3.56. The molecule has 0 N–H and O–H groups in total. The fourth-order valence-corrected chi connectivity index (χ4v) is 2.48. The van der Waals surface area contributed by atoms with E-state index >= 15 is 0 Å². The molecule has 5 heteroatoms. The number of nitrogens with zero attached hydrogens (tertiary/aromatic N) is 3. The fraction of sp³-hybridized carbons (Fsp3) is 0.133. The van der Waals surface area contributed by atoms with Crippen LogP contribution >= 0.6 is 15.9 Å². The summed E-state index contributed by atoms with van der Waals surface area (Å²) < 4.78 is 6.54. The summed E-state index contributed by atoms with van der Waals surface area (Å²) in [6, 6.07) is 9.71. The minimum atomic E-state index is 0.532. The van der Waals surface area contributed by atoms with Crippen LogP contribution in [0.15, 0.2) is 41.3 Å². The lowest BCUT2D eigenvalue weighted by Crippen LogP contribution is -1.94. The van der Waals surface area contributed by atoms with Crippen molar-refractivity contribution in [2.45, 2.75) is 13.8 Å². The Balaban J connectivity index is 2.09. The van der Waals surface area contributed by atoms with Crippen LogP contribution in [0.4, 0.5) is 0 Å². The van der Waals surface area contributed by atoms with Gasteiger partial charge in [-0.05, 0) is 53.5 Å². The highest BCUT2D eigenvalue weighted by atomic mass is 79.9. The first kappa shape index (κ1) is 13.0. The summed E-state index contributed by atoms with van der Waals surface area (Å²) in [4.78, 5) is 12.8. The van der Waals surface area contributed by atoms with E-state index in [0.29, 0.717) is 16.2 Å². The molecule has 0 spiro atoms. The smallest absolute Gasteiger partial charge is 0.230 e. The van der Waals surface area contributed by atoms with Gasteiger partial charge in [0.15, 0.2) is 5.75 Å². The number of aryl methyl sites for hydroxylation is 2. The van der Waals surface area contributed by atoms with Gasteiger partial charge in [0.05, 0.1) is 10.9 Å². The lowest BCUT2D eigenvalue weighted by atomic mass is 10.1. The minimum absolute atomic E-state index is 0.532. The van der Waals surface area contributed by atoms with Crippen molar-refractivity contribution in [1.29, 1.82) is 0 Å². The molecule has 0 radical (unpaired) electrons. The zero-order valence-corrected chi connectivity index (χ0v) is 12.7. The number of benzene rings is 1. The second-order valence-electron chi connectivity index (χ2n) is 4.49. The Bertz CT molecular complexity index is 789. The Kier molecular flexibility index (Phi) is 3.36. The van der Waals surface area contributed by atoms with Gasteiger partial charge in [0, 0.05) is 5.69 Å². The Hall–Kier alpha value is -2.01. The quantitative estimate of drug-likeness (QED) is 0.661. The molecule has 100 valence electrons. The molecule has 0 aliphatic heterocycles. The SMILES string of the molecule is Cc1ccc(Oc2ncnc3c(C)cccc23)c(Br)n1. The molecule has 0 aliphatic rings. The molecule has 0 amide bonds. The predicted octanol–water partition coefficient (Wildman–Crippen LogP) is 4.20. The van der Waals surface area contributed by atoms with Gasteiger partial charge in [-0.25, -0.2) is 15.0 Å². The molecule has 2 aromatic heterocycles. The molecular formula is C15H12BrN3O. The maximum Gasteiger partial charge on any atom is 0.230 e. The van der Waals surface area contributed by atoms with E-state index in [2.05, 4.69) is 30.9 Å². The minimum Gasteiger partial charge on any atom is -0.435 e. The molecule has 1 aromatic carbocycles. The van der Waals surface area contributed by atoms with Gasteiger partial charge >= 0.3 is 0 Å². The molecule has 3 rings (SSSR count). The Morgan fingerprint density at radius 1 is 1.05 bits per heavy atom. The van der Waals surface area contributed by atoms with Crippen LogP contribution in [0, 0.1) is 13.8 Å². The first-order valence-electron chi connectivity index (χ1n) is 6.16. The zero-order chi connectivity index (χ0) is 14.1. The number of hydrogen-bond donors (Lipinski definition) is 0. The summed E-state index contributed by atoms with van der Waals surface area (Å²) in [7, 11) is 0. The average Bonchev–Trinajstić information content (AvgIpc) is 2.43. The van der Waals surface area contributed by atoms with Crippen LogP contribution in [0.5, 0.6) is 11.6 Å². The van der Waals surface area contributed by atoms with Crippen molar-refractivity contribution < 1.29 is 4.74 Å². The molecule has 0 saturated heterocycles. The maximum absolute atomic E-state index is 5.87. The van der Waals surface area contributed by atoms with E-state index in [1.165, 1.54) is 6.33 Å². The zero-order valence-electron chi connectivity index (χ0n) is 11.1. The number of hydrogen-bond acceptors (Lipinski definition) is 4. The molecule has 0 bridgehead atoms. The predicted molar refractivity (Wildman–Crippen MR) is 81.0 cm³/mol. The summed E-state index contributed by atoms with van der Waals surface area (Å²) in [5.41, 5.74) is 2.91. The van der Waals surface area contributed by atoms with Crippen LogP contribution in [0.2, 0.25) is 0 Å². The second kappa shape index (κ2) is 5.17. The van der Waals surface area contributed by atoms with Gasteiger partial charge in [-0.15, -0.1) is 0 Å². The van der Waals surface area contributed by atoms with Crippen LogP contribution in [-0.2, 0) is 0 Å². The second-order valence-corrected chi connectivity index (χ2v) is 5.24. The molecule has 20 heavy (non-hydrogen) atoms. The summed E-state index contributed by atoms with van der Waals surface area (Å²) in [6.45, 7) is 3.94. The van der Waals surface area contributed by atoms with Crippen molar-refractivity contribution in [3.63, 3.8) is 0 Å². The number of aromatic nitrogens is 3. The summed E-state index contributed by atoms with van der Waals surface area (Å²) >= 11 is 3.40. The summed E-state index contributed by atoms with van der Waals surface area (Å²) in [5.74, 6) is 1.17. The third kappa shape index (κ3) is 2.36. The molecule has 0 aliphatic carbocycles. The number of halogens is 1. The normalized spacial score (nSPS) is 10.8. The van der Waals surface area contributed by atoms with E-state index in [1.807, 2.05) is 44.2 Å². The largest absolute Gasteiger partial charge is 0.435 e. The Labute approximate surface area is 125 Å². The molecule has 0 fully saturated rings. The molecule has 0 unspecified atom stereocenters. The van der Waals surface area contributed by atoms with Crippen LogP contribution in [-0.4, -0.2) is 15.0 Å². The number of pyridine rings is 1. The number of para-hydroxylation sites is 1. The number of fused-ring (bicyclic) bond motifs is 1. The Morgan fingerprint density at radius 3 is 2.70 bits per heavy atom. The van der Waals surface area contributed by atoms with Gasteiger partial charge in [0.1, 0.15) is 10.9 Å². The first-order chi connectivity index (χ1) is 9.65. The van der Waals surface area contributed by atoms with Crippen LogP contribution in [0.1, 0.15) is 11.3 Å². The summed E-state index contributed by atoms with van der Waals surface area (Å²) in [5, 5.41) is 0.889. The molecule has 0 atom stereocenters. The van der Waals surface area contributed by atoms with Crippen LogP contribution in [0.3, 0.4) is 0 Å². The van der Waals surface area contributed by atoms with Gasteiger partial charge in [0.2, 0.25) is 5.88 Å². The van der Waals surface area contributed by atoms with Crippen molar-refractivity contribution in [2.24, 2.45) is 0 Å². The summed E-state index contributed by atoms with van der Waals surface area (Å²) in [6.07, 6.45) is 1.51. The highest BCUT2D eigenvalue weighted by molar-refractivity contribution is 9.10. The third-order valence-electron chi connectivity index (χ3n) is 2.99. The van der Waals surface area contributed by atoms with E-state index in [1.54, 1.807) is 0 Å². The van der Waals surface area contributed by atoms with Crippen molar-refractivity contribution in [3.05, 3.63) is 52.5 Å². The van der Waals surface area contributed by atoms with E-state index in [-0.39, 0.29) is 0 Å². The van der Waals surface area contributed by atoms with Gasteiger partial charge in [0.25, 0.3) is 0 Å². The highest BCUT2D eigenvalue weighted by Crippen LogP contribution is 2.31. The lowest BCUT2D eigenvalue weighted by molar-refractivity contribution is 0.462. The highest BCUT2D eigenvalue weighted by Gasteiger charge is 2.10.